The maximum absolute atomic E-state index is 10.6. The molecule has 1 aromatic rings. The number of aliphatic carboxylic acids is 1. The Morgan fingerprint density at radius 1 is 1.19 bits per heavy atom. The lowest BCUT2D eigenvalue weighted by molar-refractivity contribution is -0.131. The lowest BCUT2D eigenvalue weighted by Crippen LogP contribution is -2.08. The molecule has 0 saturated heterocycles. The Bertz CT molecular complexity index is 520. The summed E-state index contributed by atoms with van der Waals surface area (Å²) >= 11 is 0. The van der Waals surface area contributed by atoms with Gasteiger partial charge in [0.15, 0.2) is 0 Å². The second kappa shape index (κ2) is 7.67. The van der Waals surface area contributed by atoms with Crippen molar-refractivity contribution < 1.29 is 14.6 Å². The number of carboxylic acids is 1. The van der Waals surface area contributed by atoms with E-state index in [0.717, 1.165) is 11.3 Å². The van der Waals surface area contributed by atoms with Crippen LogP contribution in [-0.4, -0.2) is 18.2 Å². The summed E-state index contributed by atoms with van der Waals surface area (Å²) < 4.78 is 5.20. The van der Waals surface area contributed by atoms with E-state index in [0.29, 0.717) is 5.92 Å². The first-order chi connectivity index (χ1) is 10.2. The van der Waals surface area contributed by atoms with E-state index in [9.17, 15) is 4.79 Å². The number of hydrogen-bond donors (Lipinski definition) is 1. The Morgan fingerprint density at radius 3 is 2.43 bits per heavy atom. The normalized spacial score (nSPS) is 17.1. The SMILES string of the molecule is COc1ccc(/C(=C\C=C\C(=O)O)C2CCCCC2)cc1. The monoisotopic (exact) mass is 286 g/mol. The number of carboxylic acid groups (broad SMARTS) is 1. The molecule has 1 aliphatic carbocycles. The predicted molar refractivity (Wildman–Crippen MR) is 84.3 cm³/mol. The summed E-state index contributed by atoms with van der Waals surface area (Å²) in [5.74, 6) is 0.442. The van der Waals surface area contributed by atoms with Crippen LogP contribution in [0, 0.1) is 5.92 Å². The zero-order chi connectivity index (χ0) is 15.1. The summed E-state index contributed by atoms with van der Waals surface area (Å²) in [4.78, 5) is 10.6. The van der Waals surface area contributed by atoms with Gasteiger partial charge in [-0.2, -0.15) is 0 Å². The van der Waals surface area contributed by atoms with Gasteiger partial charge in [0.2, 0.25) is 0 Å². The lowest BCUT2D eigenvalue weighted by atomic mass is 9.81. The van der Waals surface area contributed by atoms with E-state index in [4.69, 9.17) is 9.84 Å². The molecule has 3 nitrogen and oxygen atoms in total. The maximum Gasteiger partial charge on any atom is 0.328 e. The first kappa shape index (κ1) is 15.4. The van der Waals surface area contributed by atoms with Crippen molar-refractivity contribution in [3.05, 3.63) is 48.1 Å². The minimum atomic E-state index is -0.913. The van der Waals surface area contributed by atoms with Crippen LogP contribution in [0.3, 0.4) is 0 Å². The molecule has 0 bridgehead atoms. The largest absolute Gasteiger partial charge is 0.497 e. The van der Waals surface area contributed by atoms with E-state index in [2.05, 4.69) is 0 Å². The summed E-state index contributed by atoms with van der Waals surface area (Å²) in [6, 6.07) is 8.00. The van der Waals surface area contributed by atoms with Crippen LogP contribution in [0.25, 0.3) is 5.57 Å². The first-order valence-electron chi connectivity index (χ1n) is 7.46. The van der Waals surface area contributed by atoms with Crippen molar-refractivity contribution in [2.75, 3.05) is 7.11 Å². The molecule has 1 N–H and O–H groups in total. The van der Waals surface area contributed by atoms with Crippen LogP contribution in [0.4, 0.5) is 0 Å². The van der Waals surface area contributed by atoms with Crippen molar-refractivity contribution in [3.63, 3.8) is 0 Å². The Morgan fingerprint density at radius 2 is 1.86 bits per heavy atom. The van der Waals surface area contributed by atoms with E-state index in [1.54, 1.807) is 13.2 Å². The van der Waals surface area contributed by atoms with Gasteiger partial charge in [-0.3, -0.25) is 0 Å². The van der Waals surface area contributed by atoms with E-state index in [1.165, 1.54) is 43.8 Å². The predicted octanol–water partition coefficient (Wildman–Crippen LogP) is 4.30. The minimum absolute atomic E-state index is 0.519. The third-order valence-corrected chi connectivity index (χ3v) is 3.98. The molecule has 1 saturated carbocycles. The third-order valence-electron chi connectivity index (χ3n) is 3.98. The van der Waals surface area contributed by atoms with Gasteiger partial charge in [-0.05, 0) is 42.0 Å². The van der Waals surface area contributed by atoms with Gasteiger partial charge in [-0.1, -0.05) is 43.5 Å². The highest BCUT2D eigenvalue weighted by Gasteiger charge is 2.18. The van der Waals surface area contributed by atoms with Gasteiger partial charge in [-0.25, -0.2) is 4.79 Å². The molecule has 1 aromatic carbocycles. The standard InChI is InChI=1S/C18H22O3/c1-21-16-12-10-15(11-13-16)17(8-5-9-18(19)20)14-6-3-2-4-7-14/h5,8-14H,2-4,6-7H2,1H3,(H,19,20)/b9-5+,17-8-. The van der Waals surface area contributed by atoms with Gasteiger partial charge in [-0.15, -0.1) is 0 Å². The molecule has 0 amide bonds. The van der Waals surface area contributed by atoms with Crippen molar-refractivity contribution in [1.29, 1.82) is 0 Å². The number of rotatable bonds is 5. The number of benzene rings is 1. The fourth-order valence-corrected chi connectivity index (χ4v) is 2.90. The first-order valence-corrected chi connectivity index (χ1v) is 7.46. The average molecular weight is 286 g/mol. The highest BCUT2D eigenvalue weighted by molar-refractivity contribution is 5.81. The third kappa shape index (κ3) is 4.48. The number of hydrogen-bond acceptors (Lipinski definition) is 2. The summed E-state index contributed by atoms with van der Waals surface area (Å²) in [5, 5.41) is 8.74. The van der Waals surface area contributed by atoms with Crippen LogP contribution in [-0.2, 0) is 4.79 Å². The quantitative estimate of drug-likeness (QED) is 0.648. The van der Waals surface area contributed by atoms with E-state index in [1.807, 2.05) is 30.3 Å². The zero-order valence-electron chi connectivity index (χ0n) is 12.4. The van der Waals surface area contributed by atoms with E-state index in [-0.39, 0.29) is 0 Å². The summed E-state index contributed by atoms with van der Waals surface area (Å²) in [6.07, 6.45) is 10.9. The molecule has 3 heteroatoms. The van der Waals surface area contributed by atoms with Gasteiger partial charge in [0, 0.05) is 6.08 Å². The molecule has 0 aromatic heterocycles. The van der Waals surface area contributed by atoms with Gasteiger partial charge in [0.25, 0.3) is 0 Å². The molecule has 0 radical (unpaired) electrons. The molecule has 0 heterocycles. The van der Waals surface area contributed by atoms with E-state index < -0.39 is 5.97 Å². The molecule has 1 aliphatic rings. The van der Waals surface area contributed by atoms with Crippen LogP contribution in [0.15, 0.2) is 42.5 Å². The molecule has 0 atom stereocenters. The zero-order valence-corrected chi connectivity index (χ0v) is 12.4. The molecule has 0 spiro atoms. The molecule has 112 valence electrons. The van der Waals surface area contributed by atoms with Gasteiger partial charge in [0.05, 0.1) is 7.11 Å². The number of methoxy groups -OCH3 is 1. The van der Waals surface area contributed by atoms with Crippen LogP contribution in [0.5, 0.6) is 5.75 Å². The van der Waals surface area contributed by atoms with Crippen LogP contribution >= 0.6 is 0 Å². The maximum atomic E-state index is 10.6. The second-order valence-corrected chi connectivity index (χ2v) is 5.38. The molecule has 2 rings (SSSR count). The number of allylic oxidation sites excluding steroid dienone is 3. The van der Waals surface area contributed by atoms with Crippen LogP contribution in [0.2, 0.25) is 0 Å². The number of ether oxygens (including phenoxy) is 1. The molecule has 0 unspecified atom stereocenters. The van der Waals surface area contributed by atoms with Crippen molar-refractivity contribution in [1.82, 2.24) is 0 Å². The lowest BCUT2D eigenvalue weighted by Gasteiger charge is -2.24. The van der Waals surface area contributed by atoms with Crippen molar-refractivity contribution in [2.24, 2.45) is 5.92 Å². The summed E-state index contributed by atoms with van der Waals surface area (Å²) in [7, 11) is 1.66. The van der Waals surface area contributed by atoms with E-state index >= 15 is 0 Å². The molecular formula is C18H22O3. The Labute approximate surface area is 125 Å². The van der Waals surface area contributed by atoms with Gasteiger partial charge in [0.1, 0.15) is 5.75 Å². The fourth-order valence-electron chi connectivity index (χ4n) is 2.90. The molecular weight excluding hydrogens is 264 g/mol. The average Bonchev–Trinajstić information content (AvgIpc) is 2.52. The molecule has 1 fully saturated rings. The van der Waals surface area contributed by atoms with Crippen molar-refractivity contribution in [3.8, 4) is 5.75 Å². The van der Waals surface area contributed by atoms with Crippen LogP contribution in [0.1, 0.15) is 37.7 Å². The van der Waals surface area contributed by atoms with Gasteiger partial charge >= 0.3 is 5.97 Å². The Balaban J connectivity index is 2.26. The molecule has 0 aliphatic heterocycles. The second-order valence-electron chi connectivity index (χ2n) is 5.38. The topological polar surface area (TPSA) is 46.5 Å². The summed E-state index contributed by atoms with van der Waals surface area (Å²) in [5.41, 5.74) is 2.38. The highest BCUT2D eigenvalue weighted by atomic mass is 16.5. The summed E-state index contributed by atoms with van der Waals surface area (Å²) in [6.45, 7) is 0. The fraction of sp³-hybridized carbons (Fsp3) is 0.389. The minimum Gasteiger partial charge on any atom is -0.497 e. The van der Waals surface area contributed by atoms with Gasteiger partial charge < -0.3 is 9.84 Å². The van der Waals surface area contributed by atoms with Crippen molar-refractivity contribution >= 4 is 11.5 Å². The highest BCUT2D eigenvalue weighted by Crippen LogP contribution is 2.35. The Kier molecular flexibility index (Phi) is 5.61. The van der Waals surface area contributed by atoms with Crippen molar-refractivity contribution in [2.45, 2.75) is 32.1 Å². The molecule has 21 heavy (non-hydrogen) atoms. The smallest absolute Gasteiger partial charge is 0.328 e. The Hall–Kier alpha value is -2.03. The van der Waals surface area contributed by atoms with Crippen LogP contribution < -0.4 is 4.74 Å². The number of carbonyl (C=O) groups is 1.